The van der Waals surface area contributed by atoms with E-state index in [9.17, 15) is 0 Å². The van der Waals surface area contributed by atoms with E-state index in [0.717, 1.165) is 34.6 Å². The molecule has 0 aliphatic heterocycles. The standard InChI is InChI=1S/C16H21BrClN3/c1-4-21-15(16(17)11(2)20-21)10-14(19-3)9-12-6-5-7-13(18)8-12/h5-8,14,19H,4,9-10H2,1-3H3. The lowest BCUT2D eigenvalue weighted by Crippen LogP contribution is -2.31. The Morgan fingerprint density at radius 2 is 2.14 bits per heavy atom. The smallest absolute Gasteiger partial charge is 0.0738 e. The van der Waals surface area contributed by atoms with Crippen LogP contribution in [-0.2, 0) is 19.4 Å². The van der Waals surface area contributed by atoms with Crippen LogP contribution in [0.4, 0.5) is 0 Å². The highest BCUT2D eigenvalue weighted by molar-refractivity contribution is 9.10. The van der Waals surface area contributed by atoms with Crippen molar-refractivity contribution in [2.75, 3.05) is 7.05 Å². The lowest BCUT2D eigenvalue weighted by molar-refractivity contribution is 0.519. The van der Waals surface area contributed by atoms with Crippen molar-refractivity contribution in [1.82, 2.24) is 15.1 Å². The quantitative estimate of drug-likeness (QED) is 0.833. The molecule has 0 spiro atoms. The highest BCUT2D eigenvalue weighted by Gasteiger charge is 2.17. The maximum absolute atomic E-state index is 6.07. The molecular formula is C16H21BrClN3. The van der Waals surface area contributed by atoms with Crippen LogP contribution in [-0.4, -0.2) is 22.9 Å². The maximum atomic E-state index is 6.07. The molecule has 0 aliphatic rings. The van der Waals surface area contributed by atoms with Crippen molar-refractivity contribution in [3.8, 4) is 0 Å². The third-order valence-electron chi connectivity index (χ3n) is 3.67. The Kier molecular flexibility index (Phi) is 5.85. The second kappa shape index (κ2) is 7.43. The van der Waals surface area contributed by atoms with E-state index in [4.69, 9.17) is 11.6 Å². The third-order valence-corrected chi connectivity index (χ3v) is 4.94. The Balaban J connectivity index is 2.16. The highest BCUT2D eigenvalue weighted by atomic mass is 79.9. The van der Waals surface area contributed by atoms with Crippen LogP contribution in [0.3, 0.4) is 0 Å². The van der Waals surface area contributed by atoms with E-state index in [1.165, 1.54) is 11.3 Å². The first-order valence-electron chi connectivity index (χ1n) is 7.18. The molecule has 0 bridgehead atoms. The lowest BCUT2D eigenvalue weighted by atomic mass is 10.0. The summed E-state index contributed by atoms with van der Waals surface area (Å²) in [5, 5.41) is 8.75. The molecular weight excluding hydrogens is 350 g/mol. The molecule has 1 aromatic carbocycles. The molecule has 1 aromatic heterocycles. The molecule has 2 rings (SSSR count). The summed E-state index contributed by atoms with van der Waals surface area (Å²) >= 11 is 9.73. The van der Waals surface area contributed by atoms with Gasteiger partial charge in [0.2, 0.25) is 0 Å². The van der Waals surface area contributed by atoms with Crippen molar-refractivity contribution in [2.45, 2.75) is 39.3 Å². The second-order valence-electron chi connectivity index (χ2n) is 5.19. The topological polar surface area (TPSA) is 29.9 Å². The predicted molar refractivity (Wildman–Crippen MR) is 92.0 cm³/mol. The van der Waals surface area contributed by atoms with Crippen molar-refractivity contribution in [2.24, 2.45) is 0 Å². The maximum Gasteiger partial charge on any atom is 0.0738 e. The second-order valence-corrected chi connectivity index (χ2v) is 6.42. The van der Waals surface area contributed by atoms with Gasteiger partial charge in [-0.3, -0.25) is 4.68 Å². The van der Waals surface area contributed by atoms with Crippen LogP contribution in [0.2, 0.25) is 5.02 Å². The molecule has 21 heavy (non-hydrogen) atoms. The van der Waals surface area contributed by atoms with Gasteiger partial charge in [-0.2, -0.15) is 5.10 Å². The van der Waals surface area contributed by atoms with E-state index in [-0.39, 0.29) is 0 Å². The van der Waals surface area contributed by atoms with Gasteiger partial charge in [0.05, 0.1) is 15.9 Å². The fourth-order valence-electron chi connectivity index (χ4n) is 2.52. The minimum Gasteiger partial charge on any atom is -0.316 e. The zero-order valence-electron chi connectivity index (χ0n) is 12.7. The number of rotatable bonds is 6. The molecule has 1 N–H and O–H groups in total. The molecule has 0 aliphatic carbocycles. The van der Waals surface area contributed by atoms with Gasteiger partial charge in [-0.25, -0.2) is 0 Å². The number of nitrogens with one attached hydrogen (secondary N) is 1. The van der Waals surface area contributed by atoms with Crippen LogP contribution >= 0.6 is 27.5 Å². The summed E-state index contributed by atoms with van der Waals surface area (Å²) < 4.78 is 3.19. The minimum absolute atomic E-state index is 0.348. The average Bonchev–Trinajstić information content (AvgIpc) is 2.74. The number of likely N-dealkylation sites (N-methyl/N-ethyl adjacent to an activating group) is 1. The van der Waals surface area contributed by atoms with Gasteiger partial charge in [0.15, 0.2) is 0 Å². The summed E-state index contributed by atoms with van der Waals surface area (Å²) in [6.07, 6.45) is 1.87. The van der Waals surface area contributed by atoms with E-state index >= 15 is 0 Å². The number of hydrogen-bond acceptors (Lipinski definition) is 2. The molecule has 0 radical (unpaired) electrons. The van der Waals surface area contributed by atoms with Gasteiger partial charge in [-0.05, 0) is 60.9 Å². The Morgan fingerprint density at radius 1 is 1.38 bits per heavy atom. The van der Waals surface area contributed by atoms with E-state index in [2.05, 4.69) is 44.0 Å². The molecule has 1 unspecified atom stereocenters. The SMILES string of the molecule is CCn1nc(C)c(Br)c1CC(Cc1cccc(Cl)c1)NC. The number of halogens is 2. The van der Waals surface area contributed by atoms with Crippen LogP contribution in [0.1, 0.15) is 23.9 Å². The van der Waals surface area contributed by atoms with Crippen LogP contribution < -0.4 is 5.32 Å². The summed E-state index contributed by atoms with van der Waals surface area (Å²) in [7, 11) is 2.00. The summed E-state index contributed by atoms with van der Waals surface area (Å²) in [6.45, 7) is 5.04. The summed E-state index contributed by atoms with van der Waals surface area (Å²) in [5.41, 5.74) is 3.54. The van der Waals surface area contributed by atoms with E-state index < -0.39 is 0 Å². The van der Waals surface area contributed by atoms with Crippen LogP contribution in [0.15, 0.2) is 28.7 Å². The average molecular weight is 371 g/mol. The van der Waals surface area contributed by atoms with E-state index in [0.29, 0.717) is 6.04 Å². The van der Waals surface area contributed by atoms with Crippen molar-refractivity contribution in [1.29, 1.82) is 0 Å². The zero-order chi connectivity index (χ0) is 15.4. The highest BCUT2D eigenvalue weighted by Crippen LogP contribution is 2.23. The van der Waals surface area contributed by atoms with Gasteiger partial charge >= 0.3 is 0 Å². The van der Waals surface area contributed by atoms with Crippen molar-refractivity contribution >= 4 is 27.5 Å². The minimum atomic E-state index is 0.348. The molecule has 0 amide bonds. The molecule has 0 fully saturated rings. The lowest BCUT2D eigenvalue weighted by Gasteiger charge is -2.17. The molecule has 2 aromatic rings. The van der Waals surface area contributed by atoms with E-state index in [1.54, 1.807) is 0 Å². The fourth-order valence-corrected chi connectivity index (χ4v) is 3.18. The van der Waals surface area contributed by atoms with Gasteiger partial charge < -0.3 is 5.32 Å². The fraction of sp³-hybridized carbons (Fsp3) is 0.438. The number of aromatic nitrogens is 2. The van der Waals surface area contributed by atoms with Crippen LogP contribution in [0.5, 0.6) is 0 Å². The molecule has 1 atom stereocenters. The number of benzene rings is 1. The van der Waals surface area contributed by atoms with Gasteiger partial charge in [-0.15, -0.1) is 0 Å². The van der Waals surface area contributed by atoms with E-state index in [1.807, 2.05) is 32.2 Å². The summed E-state index contributed by atoms with van der Waals surface area (Å²) in [4.78, 5) is 0. The van der Waals surface area contributed by atoms with Gasteiger partial charge in [0.25, 0.3) is 0 Å². The zero-order valence-corrected chi connectivity index (χ0v) is 15.0. The first kappa shape index (κ1) is 16.5. The normalized spacial score (nSPS) is 12.6. The molecule has 1 heterocycles. The Hall–Kier alpha value is -0.840. The number of nitrogens with zero attached hydrogens (tertiary/aromatic N) is 2. The Bertz CT molecular complexity index is 610. The molecule has 3 nitrogen and oxygen atoms in total. The Morgan fingerprint density at radius 3 is 2.76 bits per heavy atom. The molecule has 114 valence electrons. The monoisotopic (exact) mass is 369 g/mol. The predicted octanol–water partition coefficient (Wildman–Crippen LogP) is 4.00. The first-order valence-corrected chi connectivity index (χ1v) is 8.35. The van der Waals surface area contributed by atoms with Crippen LogP contribution in [0, 0.1) is 6.92 Å². The number of aryl methyl sites for hydroxylation is 2. The summed E-state index contributed by atoms with van der Waals surface area (Å²) in [5.74, 6) is 0. The van der Waals surface area contributed by atoms with Crippen molar-refractivity contribution in [3.63, 3.8) is 0 Å². The summed E-state index contributed by atoms with van der Waals surface area (Å²) in [6, 6.07) is 8.41. The van der Waals surface area contributed by atoms with Gasteiger partial charge in [-0.1, -0.05) is 23.7 Å². The van der Waals surface area contributed by atoms with Crippen LogP contribution in [0.25, 0.3) is 0 Å². The largest absolute Gasteiger partial charge is 0.316 e. The molecule has 0 saturated carbocycles. The van der Waals surface area contributed by atoms with Gasteiger partial charge in [0, 0.05) is 24.0 Å². The Labute approximate surface area is 139 Å². The third kappa shape index (κ3) is 4.09. The van der Waals surface area contributed by atoms with Crippen molar-refractivity contribution in [3.05, 3.63) is 50.7 Å². The molecule has 0 saturated heterocycles. The first-order chi connectivity index (χ1) is 10.0. The van der Waals surface area contributed by atoms with Crippen molar-refractivity contribution < 1.29 is 0 Å². The molecule has 5 heteroatoms. The number of hydrogen-bond donors (Lipinski definition) is 1. The van der Waals surface area contributed by atoms with Gasteiger partial charge in [0.1, 0.15) is 0 Å².